The summed E-state index contributed by atoms with van der Waals surface area (Å²) in [6.07, 6.45) is 4.70. The van der Waals surface area contributed by atoms with Gasteiger partial charge in [0.15, 0.2) is 5.82 Å². The third kappa shape index (κ3) is 4.31. The second-order valence-electron chi connectivity index (χ2n) is 8.29. The van der Waals surface area contributed by atoms with Gasteiger partial charge in [0.1, 0.15) is 11.3 Å². The Kier molecular flexibility index (Phi) is 6.02. The van der Waals surface area contributed by atoms with Crippen molar-refractivity contribution in [3.8, 4) is 5.75 Å². The number of hydrogen-bond acceptors (Lipinski definition) is 7. The SMILES string of the molecule is COc1ccc(S(=O)(=O)N2CCCC(C(=O)NC3(c4noc(C)n4)CCCC3)C2)cc1. The van der Waals surface area contributed by atoms with Crippen molar-refractivity contribution in [2.45, 2.75) is 55.9 Å². The minimum atomic E-state index is -3.69. The molecule has 1 saturated carbocycles. The Bertz CT molecular complexity index is 1030. The number of amides is 1. The van der Waals surface area contributed by atoms with Crippen molar-refractivity contribution in [1.82, 2.24) is 19.8 Å². The normalized spacial score (nSPS) is 21.7. The van der Waals surface area contributed by atoms with E-state index in [0.717, 1.165) is 25.7 Å². The number of carbonyl (C=O) groups is 1. The molecule has 0 bridgehead atoms. The van der Waals surface area contributed by atoms with Crippen LogP contribution in [0.2, 0.25) is 0 Å². The molecular weight excluding hydrogens is 420 g/mol. The highest BCUT2D eigenvalue weighted by Gasteiger charge is 2.43. The predicted octanol–water partition coefficient (Wildman–Crippen LogP) is 2.37. The van der Waals surface area contributed by atoms with Gasteiger partial charge in [0.25, 0.3) is 0 Å². The molecule has 1 atom stereocenters. The molecule has 0 radical (unpaired) electrons. The number of piperidine rings is 1. The first-order valence-electron chi connectivity index (χ1n) is 10.6. The van der Waals surface area contributed by atoms with Gasteiger partial charge in [0, 0.05) is 20.0 Å². The molecule has 1 N–H and O–H groups in total. The van der Waals surface area contributed by atoms with E-state index in [9.17, 15) is 13.2 Å². The van der Waals surface area contributed by atoms with E-state index in [1.165, 1.54) is 23.5 Å². The van der Waals surface area contributed by atoms with Crippen LogP contribution in [0.3, 0.4) is 0 Å². The van der Waals surface area contributed by atoms with E-state index in [4.69, 9.17) is 9.26 Å². The lowest BCUT2D eigenvalue weighted by atomic mass is 9.93. The number of aromatic nitrogens is 2. The van der Waals surface area contributed by atoms with E-state index in [1.54, 1.807) is 19.1 Å². The molecule has 1 saturated heterocycles. The van der Waals surface area contributed by atoms with Crippen molar-refractivity contribution >= 4 is 15.9 Å². The van der Waals surface area contributed by atoms with E-state index < -0.39 is 21.5 Å². The molecule has 2 aromatic rings. The molecular formula is C21H28N4O5S. The van der Waals surface area contributed by atoms with Crippen molar-refractivity contribution in [3.05, 3.63) is 36.0 Å². The summed E-state index contributed by atoms with van der Waals surface area (Å²) in [5.41, 5.74) is -0.633. The van der Waals surface area contributed by atoms with Crippen LogP contribution >= 0.6 is 0 Å². The average molecular weight is 449 g/mol. The van der Waals surface area contributed by atoms with Gasteiger partial charge in [-0.3, -0.25) is 4.79 Å². The second-order valence-corrected chi connectivity index (χ2v) is 10.2. The molecule has 31 heavy (non-hydrogen) atoms. The zero-order chi connectivity index (χ0) is 22.1. The van der Waals surface area contributed by atoms with Gasteiger partial charge in [-0.1, -0.05) is 18.0 Å². The standard InChI is InChI=1S/C21H28N4O5S/c1-15-22-20(24-30-15)21(11-3-4-12-21)23-19(26)16-6-5-13-25(14-16)31(27,28)18-9-7-17(29-2)8-10-18/h7-10,16H,3-6,11-14H2,1-2H3,(H,23,26). The first-order chi connectivity index (χ1) is 14.8. The number of benzene rings is 1. The van der Waals surface area contributed by atoms with E-state index in [2.05, 4.69) is 15.5 Å². The molecule has 1 amide bonds. The second kappa shape index (κ2) is 8.58. The molecule has 0 spiro atoms. The summed E-state index contributed by atoms with van der Waals surface area (Å²) >= 11 is 0. The van der Waals surface area contributed by atoms with Gasteiger partial charge in [-0.15, -0.1) is 0 Å². The smallest absolute Gasteiger partial charge is 0.243 e. The zero-order valence-corrected chi connectivity index (χ0v) is 18.7. The summed E-state index contributed by atoms with van der Waals surface area (Å²) in [6.45, 7) is 2.28. The monoisotopic (exact) mass is 448 g/mol. The fraction of sp³-hybridized carbons (Fsp3) is 0.571. The molecule has 1 aromatic heterocycles. The maximum absolute atomic E-state index is 13.2. The maximum Gasteiger partial charge on any atom is 0.243 e. The average Bonchev–Trinajstić information content (AvgIpc) is 3.44. The molecule has 2 fully saturated rings. The van der Waals surface area contributed by atoms with Crippen molar-refractivity contribution in [2.75, 3.05) is 20.2 Å². The molecule has 1 aliphatic carbocycles. The maximum atomic E-state index is 13.2. The van der Waals surface area contributed by atoms with Crippen LogP contribution in [-0.2, 0) is 20.4 Å². The Morgan fingerprint density at radius 1 is 1.23 bits per heavy atom. The highest BCUT2D eigenvalue weighted by Crippen LogP contribution is 2.38. The number of hydrogen-bond donors (Lipinski definition) is 1. The third-order valence-corrected chi connectivity index (χ3v) is 8.11. The van der Waals surface area contributed by atoms with Crippen LogP contribution in [0.4, 0.5) is 0 Å². The molecule has 1 unspecified atom stereocenters. The van der Waals surface area contributed by atoms with Crippen LogP contribution in [0, 0.1) is 12.8 Å². The minimum Gasteiger partial charge on any atom is -0.497 e. The lowest BCUT2D eigenvalue weighted by Gasteiger charge is -2.34. The first-order valence-corrected chi connectivity index (χ1v) is 12.1. The fourth-order valence-corrected chi connectivity index (χ4v) is 6.01. The first kappa shape index (κ1) is 21.8. The summed E-state index contributed by atoms with van der Waals surface area (Å²) in [6, 6.07) is 6.31. The molecule has 10 heteroatoms. The summed E-state index contributed by atoms with van der Waals surface area (Å²) in [5.74, 6) is 0.985. The number of carbonyl (C=O) groups excluding carboxylic acids is 1. The van der Waals surface area contributed by atoms with Crippen LogP contribution in [0.15, 0.2) is 33.7 Å². The Hall–Kier alpha value is -2.46. The highest BCUT2D eigenvalue weighted by atomic mass is 32.2. The number of nitrogens with zero attached hydrogens (tertiary/aromatic N) is 3. The Balaban J connectivity index is 1.49. The molecule has 9 nitrogen and oxygen atoms in total. The number of methoxy groups -OCH3 is 1. The van der Waals surface area contributed by atoms with Crippen molar-refractivity contribution in [2.24, 2.45) is 5.92 Å². The van der Waals surface area contributed by atoms with Gasteiger partial charge >= 0.3 is 0 Å². The van der Waals surface area contributed by atoms with Crippen molar-refractivity contribution in [3.63, 3.8) is 0 Å². The Labute approximate surface area is 182 Å². The summed E-state index contributed by atoms with van der Waals surface area (Å²) in [4.78, 5) is 17.8. The summed E-state index contributed by atoms with van der Waals surface area (Å²) < 4.78 is 37.9. The fourth-order valence-electron chi connectivity index (χ4n) is 4.49. The van der Waals surface area contributed by atoms with Crippen LogP contribution in [-0.4, -0.2) is 49.0 Å². The van der Waals surface area contributed by atoms with Gasteiger partial charge in [0.05, 0.1) is 17.9 Å². The van der Waals surface area contributed by atoms with Gasteiger partial charge in [-0.05, 0) is 49.9 Å². The lowest BCUT2D eigenvalue weighted by molar-refractivity contribution is -0.128. The number of sulfonamides is 1. The minimum absolute atomic E-state index is 0.154. The van der Waals surface area contributed by atoms with E-state index >= 15 is 0 Å². The predicted molar refractivity (Wildman–Crippen MR) is 112 cm³/mol. The number of ether oxygens (including phenoxy) is 1. The van der Waals surface area contributed by atoms with Crippen LogP contribution < -0.4 is 10.1 Å². The topological polar surface area (TPSA) is 115 Å². The van der Waals surface area contributed by atoms with Crippen LogP contribution in [0.5, 0.6) is 5.75 Å². The number of aryl methyl sites for hydroxylation is 1. The van der Waals surface area contributed by atoms with E-state index in [-0.39, 0.29) is 17.3 Å². The molecule has 1 aromatic carbocycles. The Morgan fingerprint density at radius 2 is 1.94 bits per heavy atom. The van der Waals surface area contributed by atoms with E-state index in [1.807, 2.05) is 0 Å². The lowest BCUT2D eigenvalue weighted by Crippen LogP contribution is -2.51. The summed E-state index contributed by atoms with van der Waals surface area (Å²) in [5, 5.41) is 7.22. The molecule has 168 valence electrons. The molecule has 4 rings (SSSR count). The largest absolute Gasteiger partial charge is 0.497 e. The van der Waals surface area contributed by atoms with Gasteiger partial charge in [-0.25, -0.2) is 8.42 Å². The molecule has 1 aliphatic heterocycles. The number of nitrogens with one attached hydrogen (secondary N) is 1. The van der Waals surface area contributed by atoms with Crippen molar-refractivity contribution < 1.29 is 22.5 Å². The molecule has 2 aliphatic rings. The molecule has 2 heterocycles. The van der Waals surface area contributed by atoms with Gasteiger partial charge < -0.3 is 14.6 Å². The highest BCUT2D eigenvalue weighted by molar-refractivity contribution is 7.89. The van der Waals surface area contributed by atoms with Gasteiger partial charge in [0.2, 0.25) is 21.8 Å². The number of rotatable bonds is 6. The van der Waals surface area contributed by atoms with Gasteiger partial charge in [-0.2, -0.15) is 9.29 Å². The summed E-state index contributed by atoms with van der Waals surface area (Å²) in [7, 11) is -2.15. The van der Waals surface area contributed by atoms with Crippen molar-refractivity contribution in [1.29, 1.82) is 0 Å². The van der Waals surface area contributed by atoms with Crippen LogP contribution in [0.25, 0.3) is 0 Å². The third-order valence-electron chi connectivity index (χ3n) is 6.23. The van der Waals surface area contributed by atoms with Crippen LogP contribution in [0.1, 0.15) is 50.2 Å². The van der Waals surface area contributed by atoms with E-state index in [0.29, 0.717) is 36.9 Å². The quantitative estimate of drug-likeness (QED) is 0.721. The Morgan fingerprint density at radius 3 is 2.55 bits per heavy atom. The zero-order valence-electron chi connectivity index (χ0n) is 17.8.